The number of ether oxygens (including phenoxy) is 1. The van der Waals surface area contributed by atoms with Crippen LogP contribution in [0, 0.1) is 0 Å². The van der Waals surface area contributed by atoms with E-state index in [0.717, 1.165) is 54.7 Å². The van der Waals surface area contributed by atoms with Crippen molar-refractivity contribution in [3.05, 3.63) is 171 Å². The first-order chi connectivity index (χ1) is 22.0. The van der Waals surface area contributed by atoms with Gasteiger partial charge in [0.1, 0.15) is 12.4 Å². The number of aromatic nitrogens is 1. The van der Waals surface area contributed by atoms with Crippen molar-refractivity contribution in [3.63, 3.8) is 0 Å². The van der Waals surface area contributed by atoms with Crippen molar-refractivity contribution in [3.8, 4) is 5.75 Å². The molecule has 2 aliphatic rings. The van der Waals surface area contributed by atoms with Crippen LogP contribution >= 0.6 is 43.2 Å². The van der Waals surface area contributed by atoms with Gasteiger partial charge in [-0.15, -0.1) is 0 Å². The summed E-state index contributed by atoms with van der Waals surface area (Å²) in [5, 5.41) is 2.37. The van der Waals surface area contributed by atoms with Gasteiger partial charge in [0.05, 0.1) is 25.2 Å². The molecule has 0 spiro atoms. The van der Waals surface area contributed by atoms with Gasteiger partial charge in [-0.3, -0.25) is 9.36 Å². The van der Waals surface area contributed by atoms with Crippen LogP contribution < -0.4 is 19.6 Å². The summed E-state index contributed by atoms with van der Waals surface area (Å²) in [6.45, 7) is 0.434. The number of allylic oxidation sites excluding steroid dienone is 1. The summed E-state index contributed by atoms with van der Waals surface area (Å²) in [5.74, 6) is 0.719. The van der Waals surface area contributed by atoms with Crippen LogP contribution in [0.15, 0.2) is 134 Å². The lowest BCUT2D eigenvalue weighted by atomic mass is 9.83. The molecule has 5 aromatic carbocycles. The van der Waals surface area contributed by atoms with Gasteiger partial charge in [0.25, 0.3) is 5.56 Å². The maximum atomic E-state index is 14.1. The van der Waals surface area contributed by atoms with E-state index in [0.29, 0.717) is 11.1 Å². The van der Waals surface area contributed by atoms with Gasteiger partial charge in [0.2, 0.25) is 0 Å². The van der Waals surface area contributed by atoms with E-state index in [2.05, 4.69) is 98.6 Å². The van der Waals surface area contributed by atoms with Crippen molar-refractivity contribution < 1.29 is 4.74 Å². The Balaban J connectivity index is 1.18. The quantitative estimate of drug-likeness (QED) is 0.178. The Kier molecular flexibility index (Phi) is 7.40. The minimum absolute atomic E-state index is 0.0264. The van der Waals surface area contributed by atoms with Gasteiger partial charge in [-0.05, 0) is 102 Å². The minimum Gasteiger partial charge on any atom is -0.487 e. The van der Waals surface area contributed by atoms with Gasteiger partial charge in [-0.2, -0.15) is 0 Å². The number of halogens is 2. The second kappa shape index (κ2) is 11.7. The highest BCUT2D eigenvalue weighted by atomic mass is 79.9. The third kappa shape index (κ3) is 5.13. The number of aryl methyl sites for hydroxylation is 1. The fourth-order valence-electron chi connectivity index (χ4n) is 6.48. The predicted molar refractivity (Wildman–Crippen MR) is 189 cm³/mol. The molecule has 0 bridgehead atoms. The number of thiazole rings is 1. The molecule has 1 aromatic heterocycles. The summed E-state index contributed by atoms with van der Waals surface area (Å²) in [6.07, 6.45) is 3.77. The molecule has 6 aromatic rings. The van der Waals surface area contributed by atoms with E-state index in [-0.39, 0.29) is 11.6 Å². The maximum Gasteiger partial charge on any atom is 0.271 e. The third-order valence-corrected chi connectivity index (χ3v) is 10.7. The van der Waals surface area contributed by atoms with Crippen molar-refractivity contribution in [1.82, 2.24) is 4.57 Å². The lowest BCUT2D eigenvalue weighted by Crippen LogP contribution is -2.38. The van der Waals surface area contributed by atoms with Crippen LogP contribution in [-0.4, -0.2) is 4.57 Å². The number of fused-ring (bicyclic) bond motifs is 4. The molecule has 0 amide bonds. The second-order valence-electron chi connectivity index (χ2n) is 11.3. The predicted octanol–water partition coefficient (Wildman–Crippen LogP) is 8.58. The van der Waals surface area contributed by atoms with E-state index in [1.54, 1.807) is 0 Å². The van der Waals surface area contributed by atoms with E-state index in [9.17, 15) is 4.79 Å². The van der Waals surface area contributed by atoms with E-state index in [1.807, 2.05) is 53.1 Å². The van der Waals surface area contributed by atoms with Gasteiger partial charge in [-0.1, -0.05) is 108 Å². The van der Waals surface area contributed by atoms with Crippen molar-refractivity contribution in [2.24, 2.45) is 4.99 Å². The Morgan fingerprint density at radius 3 is 2.44 bits per heavy atom. The summed E-state index contributed by atoms with van der Waals surface area (Å²) in [4.78, 5) is 20.0. The number of nitrogens with zero attached hydrogens (tertiary/aromatic N) is 2. The molecule has 2 heterocycles. The van der Waals surface area contributed by atoms with Crippen LogP contribution in [0.5, 0.6) is 5.75 Å². The molecular formula is C38H26Br2N2O2S. The molecule has 0 N–H and O–H groups in total. The maximum absolute atomic E-state index is 14.1. The average Bonchev–Trinajstić information content (AvgIpc) is 3.37. The molecule has 7 heteroatoms. The molecule has 1 aliphatic heterocycles. The zero-order valence-electron chi connectivity index (χ0n) is 24.0. The molecule has 1 aliphatic carbocycles. The lowest BCUT2D eigenvalue weighted by Gasteiger charge is -2.30. The van der Waals surface area contributed by atoms with E-state index >= 15 is 0 Å². The Bertz CT molecular complexity index is 2310. The van der Waals surface area contributed by atoms with Gasteiger partial charge >= 0.3 is 0 Å². The third-order valence-electron chi connectivity index (χ3n) is 8.56. The van der Waals surface area contributed by atoms with Crippen LogP contribution in [0.4, 0.5) is 0 Å². The fraction of sp³-hybridized carbons (Fsp3) is 0.105. The SMILES string of the molecule is O=c1/c(=C/c2cc(Br)c(OCc3cccc4ccccc34)c(Br)c2)sc2n1[C@H](c1ccccc1)C1=C(N=2)c2ccccc2CC1. The van der Waals surface area contributed by atoms with Crippen LogP contribution in [0.3, 0.4) is 0 Å². The Labute approximate surface area is 280 Å². The Morgan fingerprint density at radius 2 is 1.60 bits per heavy atom. The van der Waals surface area contributed by atoms with Gasteiger partial charge in [-0.25, -0.2) is 4.99 Å². The van der Waals surface area contributed by atoms with E-state index < -0.39 is 0 Å². The minimum atomic E-state index is -0.184. The molecule has 1 atom stereocenters. The van der Waals surface area contributed by atoms with Gasteiger partial charge in [0, 0.05) is 5.56 Å². The van der Waals surface area contributed by atoms with Crippen LogP contribution in [-0.2, 0) is 13.0 Å². The normalized spacial score (nSPS) is 15.8. The molecule has 45 heavy (non-hydrogen) atoms. The number of rotatable bonds is 5. The topological polar surface area (TPSA) is 43.6 Å². The molecular weight excluding hydrogens is 708 g/mol. The number of hydrogen-bond acceptors (Lipinski definition) is 4. The first kappa shape index (κ1) is 28.4. The summed E-state index contributed by atoms with van der Waals surface area (Å²) in [5.41, 5.74) is 7.78. The lowest BCUT2D eigenvalue weighted by molar-refractivity contribution is 0.303. The average molecular weight is 735 g/mol. The van der Waals surface area contributed by atoms with Gasteiger partial charge < -0.3 is 4.74 Å². The number of hydrogen-bond donors (Lipinski definition) is 0. The van der Waals surface area contributed by atoms with Gasteiger partial charge in [0.15, 0.2) is 4.80 Å². The summed E-state index contributed by atoms with van der Waals surface area (Å²) in [6, 6.07) is 37.2. The standard InChI is InChI=1S/C38H26Br2N2O2S/c39-31-19-23(20-32(40)36(31)44-22-27-14-8-13-24-9-4-6-15-28(24)27)21-33-37(43)42-35(26-11-2-1-3-12-26)30-18-17-25-10-5-7-16-29(25)34(30)41-38(42)45-33/h1-16,19-21,35H,17-18,22H2/b33-21-/t35-/m1/s1. The summed E-state index contributed by atoms with van der Waals surface area (Å²) < 4.78 is 10.5. The first-order valence-corrected chi connectivity index (χ1v) is 17.2. The Hall–Kier alpha value is -4.04. The van der Waals surface area contributed by atoms with Crippen molar-refractivity contribution in [1.29, 1.82) is 0 Å². The number of benzene rings is 5. The van der Waals surface area contributed by atoms with Crippen molar-refractivity contribution >= 4 is 65.7 Å². The summed E-state index contributed by atoms with van der Waals surface area (Å²) >= 11 is 8.90. The molecule has 0 saturated heterocycles. The molecule has 8 rings (SSSR count). The zero-order valence-corrected chi connectivity index (χ0v) is 28.0. The van der Waals surface area contributed by atoms with E-state index in [4.69, 9.17) is 9.73 Å². The molecule has 0 saturated carbocycles. The first-order valence-electron chi connectivity index (χ1n) is 14.8. The highest BCUT2D eigenvalue weighted by Crippen LogP contribution is 2.41. The molecule has 0 radical (unpaired) electrons. The van der Waals surface area contributed by atoms with E-state index in [1.165, 1.54) is 38.8 Å². The molecule has 0 fully saturated rings. The highest BCUT2D eigenvalue weighted by Gasteiger charge is 2.32. The highest BCUT2D eigenvalue weighted by molar-refractivity contribution is 9.11. The molecule has 220 valence electrons. The van der Waals surface area contributed by atoms with Crippen LogP contribution in [0.25, 0.3) is 22.5 Å². The van der Waals surface area contributed by atoms with Crippen LogP contribution in [0.2, 0.25) is 0 Å². The Morgan fingerprint density at radius 1 is 0.867 bits per heavy atom. The monoisotopic (exact) mass is 732 g/mol. The second-order valence-corrected chi connectivity index (χ2v) is 14.0. The summed E-state index contributed by atoms with van der Waals surface area (Å²) in [7, 11) is 0. The van der Waals surface area contributed by atoms with Crippen molar-refractivity contribution in [2.75, 3.05) is 0 Å². The largest absolute Gasteiger partial charge is 0.487 e. The zero-order chi connectivity index (χ0) is 30.5. The fourth-order valence-corrected chi connectivity index (χ4v) is 8.93. The van der Waals surface area contributed by atoms with Crippen molar-refractivity contribution in [2.45, 2.75) is 25.5 Å². The molecule has 0 unspecified atom stereocenters. The smallest absolute Gasteiger partial charge is 0.271 e. The molecule has 4 nitrogen and oxygen atoms in total. The van der Waals surface area contributed by atoms with Crippen LogP contribution in [0.1, 0.15) is 40.3 Å².